The predicted octanol–water partition coefficient (Wildman–Crippen LogP) is 2.51. The lowest BCUT2D eigenvalue weighted by molar-refractivity contribution is 0.0603. The number of carbonyl (C=O) groups is 1. The Labute approximate surface area is 97.3 Å². The van der Waals surface area contributed by atoms with E-state index in [2.05, 4.69) is 4.99 Å². The van der Waals surface area contributed by atoms with Crippen molar-refractivity contribution in [1.29, 1.82) is 0 Å². The second-order valence-corrected chi connectivity index (χ2v) is 5.34. The van der Waals surface area contributed by atoms with Crippen LogP contribution in [0.3, 0.4) is 0 Å². The Morgan fingerprint density at radius 3 is 2.44 bits per heavy atom. The van der Waals surface area contributed by atoms with Crippen molar-refractivity contribution >= 4 is 11.8 Å². The van der Waals surface area contributed by atoms with Gasteiger partial charge in [0.2, 0.25) is 0 Å². The Bertz CT molecular complexity index is 269. The first-order valence-corrected chi connectivity index (χ1v) is 5.90. The molecular weight excluding hydrogens is 204 g/mol. The number of amides is 1. The lowest BCUT2D eigenvalue weighted by Crippen LogP contribution is -2.24. The molecule has 1 fully saturated rings. The van der Waals surface area contributed by atoms with Gasteiger partial charge in [0, 0.05) is 5.71 Å². The first-order valence-electron chi connectivity index (χ1n) is 5.90. The van der Waals surface area contributed by atoms with Crippen molar-refractivity contribution in [3.63, 3.8) is 0 Å². The molecule has 4 nitrogen and oxygen atoms in total. The second-order valence-electron chi connectivity index (χ2n) is 5.34. The quantitative estimate of drug-likeness (QED) is 0.747. The van der Waals surface area contributed by atoms with Crippen LogP contribution in [0.25, 0.3) is 0 Å². The molecule has 0 aliphatic heterocycles. The lowest BCUT2D eigenvalue weighted by atomic mass is 9.88. The zero-order valence-corrected chi connectivity index (χ0v) is 10.5. The van der Waals surface area contributed by atoms with E-state index in [0.29, 0.717) is 5.92 Å². The number of nitrogens with zero attached hydrogens (tertiary/aromatic N) is 1. The van der Waals surface area contributed by atoms with Crippen LogP contribution in [0.1, 0.15) is 46.5 Å². The maximum atomic E-state index is 11.4. The highest BCUT2D eigenvalue weighted by Gasteiger charge is 2.19. The van der Waals surface area contributed by atoms with Crippen LogP contribution in [0, 0.1) is 5.92 Å². The summed E-state index contributed by atoms with van der Waals surface area (Å²) in [7, 11) is 0. The maximum absolute atomic E-state index is 11.4. The Morgan fingerprint density at radius 2 is 2.00 bits per heavy atom. The van der Waals surface area contributed by atoms with Crippen molar-refractivity contribution in [2.45, 2.75) is 52.1 Å². The minimum Gasteiger partial charge on any atom is -0.442 e. The van der Waals surface area contributed by atoms with Crippen LogP contribution in [0.4, 0.5) is 4.79 Å². The molecule has 1 aliphatic carbocycles. The van der Waals surface area contributed by atoms with E-state index in [1.54, 1.807) is 0 Å². The fraction of sp³-hybridized carbons (Fsp3) is 0.833. The first kappa shape index (κ1) is 13.2. The molecule has 2 N–H and O–H groups in total. The molecule has 0 saturated heterocycles. The first-order chi connectivity index (χ1) is 7.40. The maximum Gasteiger partial charge on any atom is 0.434 e. The van der Waals surface area contributed by atoms with Gasteiger partial charge >= 0.3 is 6.09 Å². The third kappa shape index (κ3) is 4.75. The summed E-state index contributed by atoms with van der Waals surface area (Å²) in [6.07, 6.45) is 3.37. The second kappa shape index (κ2) is 5.43. The normalized spacial score (nSPS) is 21.8. The largest absolute Gasteiger partial charge is 0.442 e. The third-order valence-electron chi connectivity index (χ3n) is 2.66. The van der Waals surface area contributed by atoms with Gasteiger partial charge in [-0.15, -0.1) is 0 Å². The summed E-state index contributed by atoms with van der Waals surface area (Å²) < 4.78 is 5.14. The molecule has 0 atom stereocenters. The summed E-state index contributed by atoms with van der Waals surface area (Å²) in [5, 5.41) is 0. The van der Waals surface area contributed by atoms with E-state index < -0.39 is 11.7 Å². The predicted molar refractivity (Wildman–Crippen MR) is 64.7 cm³/mol. The van der Waals surface area contributed by atoms with Crippen molar-refractivity contribution < 1.29 is 9.53 Å². The molecule has 1 rings (SSSR count). The van der Waals surface area contributed by atoms with Gasteiger partial charge in [-0.25, -0.2) is 4.79 Å². The van der Waals surface area contributed by atoms with Gasteiger partial charge in [-0.05, 0) is 58.9 Å². The SMILES string of the molecule is CC(C)(C)OC(=O)N=C1CCC(CN)CC1. The number of aliphatic imine (C=N–C) groups is 1. The summed E-state index contributed by atoms with van der Waals surface area (Å²) in [5.41, 5.74) is 6.10. The van der Waals surface area contributed by atoms with Gasteiger partial charge in [0.25, 0.3) is 0 Å². The summed E-state index contributed by atoms with van der Waals surface area (Å²) in [6.45, 7) is 6.27. The summed E-state index contributed by atoms with van der Waals surface area (Å²) >= 11 is 0. The molecule has 0 aromatic heterocycles. The van der Waals surface area contributed by atoms with E-state index in [4.69, 9.17) is 10.5 Å². The molecule has 4 heteroatoms. The van der Waals surface area contributed by atoms with Crippen LogP contribution in [0.2, 0.25) is 0 Å². The van der Waals surface area contributed by atoms with Crippen molar-refractivity contribution in [3.8, 4) is 0 Å². The van der Waals surface area contributed by atoms with Crippen LogP contribution in [-0.2, 0) is 4.74 Å². The van der Waals surface area contributed by atoms with Gasteiger partial charge in [-0.1, -0.05) is 0 Å². The van der Waals surface area contributed by atoms with E-state index in [0.717, 1.165) is 37.9 Å². The van der Waals surface area contributed by atoms with Crippen molar-refractivity contribution in [1.82, 2.24) is 0 Å². The number of carbonyl (C=O) groups excluding carboxylic acids is 1. The Kier molecular flexibility index (Phi) is 4.47. The van der Waals surface area contributed by atoms with Crippen LogP contribution in [-0.4, -0.2) is 24.0 Å². The zero-order chi connectivity index (χ0) is 12.2. The molecular formula is C12H22N2O2. The highest BCUT2D eigenvalue weighted by molar-refractivity contribution is 5.93. The van der Waals surface area contributed by atoms with Gasteiger partial charge in [-0.2, -0.15) is 4.99 Å². The number of ether oxygens (including phenoxy) is 1. The van der Waals surface area contributed by atoms with Crippen molar-refractivity contribution in [2.75, 3.05) is 6.54 Å². The number of hydrogen-bond acceptors (Lipinski definition) is 3. The molecule has 16 heavy (non-hydrogen) atoms. The summed E-state index contributed by atoms with van der Waals surface area (Å²) in [4.78, 5) is 15.4. The molecule has 0 bridgehead atoms. The summed E-state index contributed by atoms with van der Waals surface area (Å²) in [5.74, 6) is 0.595. The Morgan fingerprint density at radius 1 is 1.44 bits per heavy atom. The molecule has 1 amide bonds. The highest BCUT2D eigenvalue weighted by atomic mass is 16.6. The van der Waals surface area contributed by atoms with Crippen LogP contribution in [0.15, 0.2) is 4.99 Å². The average Bonchev–Trinajstić information content (AvgIpc) is 2.16. The van der Waals surface area contributed by atoms with Crippen molar-refractivity contribution in [2.24, 2.45) is 16.6 Å². The van der Waals surface area contributed by atoms with Crippen molar-refractivity contribution in [3.05, 3.63) is 0 Å². The van der Waals surface area contributed by atoms with E-state index in [1.807, 2.05) is 20.8 Å². The van der Waals surface area contributed by atoms with Crippen LogP contribution >= 0.6 is 0 Å². The van der Waals surface area contributed by atoms with E-state index in [9.17, 15) is 4.79 Å². The topological polar surface area (TPSA) is 64.7 Å². The number of hydrogen-bond donors (Lipinski definition) is 1. The molecule has 0 unspecified atom stereocenters. The van der Waals surface area contributed by atoms with E-state index >= 15 is 0 Å². The molecule has 0 aromatic rings. The zero-order valence-electron chi connectivity index (χ0n) is 10.5. The summed E-state index contributed by atoms with van der Waals surface area (Å²) in [6, 6.07) is 0. The minimum absolute atomic E-state index is 0.463. The van der Waals surface area contributed by atoms with Gasteiger partial charge in [0.1, 0.15) is 5.60 Å². The molecule has 92 valence electrons. The molecule has 1 aliphatic rings. The van der Waals surface area contributed by atoms with Gasteiger partial charge in [-0.3, -0.25) is 0 Å². The van der Waals surface area contributed by atoms with E-state index in [1.165, 1.54) is 0 Å². The molecule has 1 saturated carbocycles. The average molecular weight is 226 g/mol. The lowest BCUT2D eigenvalue weighted by Gasteiger charge is -2.22. The Balaban J connectivity index is 2.43. The fourth-order valence-corrected chi connectivity index (χ4v) is 1.77. The number of nitrogens with two attached hydrogens (primary N) is 1. The number of rotatable bonds is 1. The van der Waals surface area contributed by atoms with E-state index in [-0.39, 0.29) is 0 Å². The minimum atomic E-state index is -0.464. The third-order valence-corrected chi connectivity index (χ3v) is 2.66. The molecule has 0 spiro atoms. The fourth-order valence-electron chi connectivity index (χ4n) is 1.77. The molecule has 0 radical (unpaired) electrons. The van der Waals surface area contributed by atoms with Gasteiger partial charge in [0.05, 0.1) is 0 Å². The molecule has 0 aromatic carbocycles. The van der Waals surface area contributed by atoms with Gasteiger partial charge in [0.15, 0.2) is 0 Å². The van der Waals surface area contributed by atoms with Gasteiger partial charge < -0.3 is 10.5 Å². The Hall–Kier alpha value is -0.900. The monoisotopic (exact) mass is 226 g/mol. The highest BCUT2D eigenvalue weighted by Crippen LogP contribution is 2.21. The van der Waals surface area contributed by atoms with Crippen LogP contribution < -0.4 is 5.73 Å². The van der Waals surface area contributed by atoms with Crippen LogP contribution in [0.5, 0.6) is 0 Å². The molecule has 0 heterocycles. The standard InChI is InChI=1S/C12H22N2O2/c1-12(2,3)16-11(15)14-10-6-4-9(8-13)5-7-10/h9H,4-8,13H2,1-3H3. The smallest absolute Gasteiger partial charge is 0.434 e.